The molecule has 0 bridgehead atoms. The maximum absolute atomic E-state index is 13.9. The lowest BCUT2D eigenvalue weighted by Crippen LogP contribution is -2.23. The monoisotopic (exact) mass is 446 g/mol. The van der Waals surface area contributed by atoms with Crippen LogP contribution in [0.5, 0.6) is 5.75 Å². The average molecular weight is 446 g/mol. The summed E-state index contributed by atoms with van der Waals surface area (Å²) in [4.78, 5) is 5.34. The molecule has 0 fully saturated rings. The van der Waals surface area contributed by atoms with E-state index in [0.717, 1.165) is 17.7 Å². The molecule has 0 aliphatic carbocycles. The van der Waals surface area contributed by atoms with Gasteiger partial charge >= 0.3 is 6.18 Å². The number of benzene rings is 2. The highest BCUT2D eigenvalue weighted by molar-refractivity contribution is 6.07. The largest absolute Gasteiger partial charge is 0.508 e. The molecule has 0 unspecified atom stereocenters. The Morgan fingerprint density at radius 1 is 1.06 bits per heavy atom. The SMILES string of the molecule is CN/C(=N\OC(C)C)c1cc(C(F)(F)F)cc(-c2ccc(O)cc2C)c1-c1occc1C. The van der Waals surface area contributed by atoms with Crippen molar-refractivity contribution in [2.75, 3.05) is 7.05 Å². The van der Waals surface area contributed by atoms with Gasteiger partial charge in [-0.25, -0.2) is 0 Å². The minimum atomic E-state index is -4.59. The molecule has 0 aliphatic rings. The Bertz CT molecular complexity index is 1150. The number of oxime groups is 1. The van der Waals surface area contributed by atoms with Crippen LogP contribution in [0.15, 0.2) is 52.2 Å². The third kappa shape index (κ3) is 4.74. The highest BCUT2D eigenvalue weighted by Gasteiger charge is 2.34. The van der Waals surface area contributed by atoms with Gasteiger partial charge in [0, 0.05) is 18.2 Å². The van der Waals surface area contributed by atoms with Gasteiger partial charge in [-0.15, -0.1) is 0 Å². The number of halogens is 3. The number of nitrogens with one attached hydrogen (secondary N) is 1. The normalized spacial score (nSPS) is 12.3. The second-order valence-electron chi connectivity index (χ2n) is 7.72. The van der Waals surface area contributed by atoms with Crippen molar-refractivity contribution in [1.82, 2.24) is 5.32 Å². The molecule has 0 saturated carbocycles. The maximum Gasteiger partial charge on any atom is 0.416 e. The lowest BCUT2D eigenvalue weighted by Gasteiger charge is -2.20. The van der Waals surface area contributed by atoms with Crippen LogP contribution in [0.4, 0.5) is 13.2 Å². The zero-order valence-corrected chi connectivity index (χ0v) is 18.5. The Hall–Kier alpha value is -3.42. The second-order valence-corrected chi connectivity index (χ2v) is 7.72. The fourth-order valence-corrected chi connectivity index (χ4v) is 3.42. The number of hydrogen-bond acceptors (Lipinski definition) is 4. The van der Waals surface area contributed by atoms with Gasteiger partial charge in [-0.1, -0.05) is 11.2 Å². The molecular weight excluding hydrogens is 421 g/mol. The standard InChI is InChI=1S/C24H25F3N2O3/c1-13(2)32-29-23(28-5)20-12-16(24(25,26)27)11-19(18-7-6-17(30)10-15(18)4)21(20)22-14(3)8-9-31-22/h6-13,30H,1-5H3,(H,28,29). The van der Waals surface area contributed by atoms with Crippen LogP contribution in [-0.4, -0.2) is 24.1 Å². The molecule has 3 aromatic rings. The van der Waals surface area contributed by atoms with Crippen LogP contribution < -0.4 is 5.32 Å². The molecule has 2 N–H and O–H groups in total. The minimum Gasteiger partial charge on any atom is -0.508 e. The van der Waals surface area contributed by atoms with Crippen molar-refractivity contribution in [3.8, 4) is 28.2 Å². The molecule has 32 heavy (non-hydrogen) atoms. The molecule has 0 amide bonds. The van der Waals surface area contributed by atoms with Crippen LogP contribution >= 0.6 is 0 Å². The van der Waals surface area contributed by atoms with E-state index in [2.05, 4.69) is 10.5 Å². The molecule has 0 saturated heterocycles. The van der Waals surface area contributed by atoms with Crippen molar-refractivity contribution in [3.05, 3.63) is 64.9 Å². The fourth-order valence-electron chi connectivity index (χ4n) is 3.42. The molecular formula is C24H25F3N2O3. The minimum absolute atomic E-state index is 0.0250. The highest BCUT2D eigenvalue weighted by Crippen LogP contribution is 2.43. The maximum atomic E-state index is 13.9. The predicted molar refractivity (Wildman–Crippen MR) is 118 cm³/mol. The van der Waals surface area contributed by atoms with Crippen molar-refractivity contribution in [2.45, 2.75) is 40.0 Å². The number of aryl methyl sites for hydroxylation is 2. The molecule has 170 valence electrons. The van der Waals surface area contributed by atoms with Gasteiger partial charge in [-0.05, 0) is 80.3 Å². The first kappa shape index (κ1) is 23.2. The summed E-state index contributed by atoms with van der Waals surface area (Å²) in [7, 11) is 1.56. The van der Waals surface area contributed by atoms with E-state index in [4.69, 9.17) is 9.25 Å². The summed E-state index contributed by atoms with van der Waals surface area (Å²) in [5, 5.41) is 16.7. The number of phenolic OH excluding ortho intramolecular Hbond substituents is 1. The van der Waals surface area contributed by atoms with Gasteiger partial charge in [0.2, 0.25) is 0 Å². The zero-order chi connectivity index (χ0) is 23.6. The van der Waals surface area contributed by atoms with Gasteiger partial charge in [-0.3, -0.25) is 0 Å². The van der Waals surface area contributed by atoms with E-state index >= 15 is 0 Å². The summed E-state index contributed by atoms with van der Waals surface area (Å²) in [5.74, 6) is 0.578. The first-order valence-electron chi connectivity index (χ1n) is 10.0. The van der Waals surface area contributed by atoms with E-state index in [-0.39, 0.29) is 23.3 Å². The van der Waals surface area contributed by atoms with E-state index in [9.17, 15) is 18.3 Å². The van der Waals surface area contributed by atoms with E-state index in [0.29, 0.717) is 28.0 Å². The Labute approximate surface area is 184 Å². The number of hydrogen-bond donors (Lipinski definition) is 2. The number of alkyl halides is 3. The summed E-state index contributed by atoms with van der Waals surface area (Å²) in [6.07, 6.45) is -3.37. The molecule has 1 heterocycles. The van der Waals surface area contributed by atoms with Crippen molar-refractivity contribution in [1.29, 1.82) is 0 Å². The van der Waals surface area contributed by atoms with Crippen LogP contribution in [0, 0.1) is 13.8 Å². The Kier molecular flexibility index (Phi) is 6.52. The molecule has 0 spiro atoms. The molecule has 0 atom stereocenters. The Balaban J connectivity index is 2.46. The van der Waals surface area contributed by atoms with E-state index in [1.165, 1.54) is 18.4 Å². The summed E-state index contributed by atoms with van der Waals surface area (Å²) in [6, 6.07) is 8.41. The summed E-state index contributed by atoms with van der Waals surface area (Å²) in [6.45, 7) is 7.08. The van der Waals surface area contributed by atoms with Gasteiger partial charge in [0.05, 0.1) is 11.8 Å². The van der Waals surface area contributed by atoms with E-state index < -0.39 is 11.7 Å². The lowest BCUT2D eigenvalue weighted by atomic mass is 9.88. The Morgan fingerprint density at radius 3 is 2.31 bits per heavy atom. The summed E-state index contributed by atoms with van der Waals surface area (Å²) in [5.41, 5.74) is 1.98. The molecule has 8 heteroatoms. The second kappa shape index (κ2) is 8.98. The number of phenols is 1. The summed E-state index contributed by atoms with van der Waals surface area (Å²) < 4.78 is 47.4. The van der Waals surface area contributed by atoms with Gasteiger partial charge in [0.1, 0.15) is 17.6 Å². The first-order valence-corrected chi connectivity index (χ1v) is 10.0. The lowest BCUT2D eigenvalue weighted by molar-refractivity contribution is -0.137. The smallest absolute Gasteiger partial charge is 0.416 e. The van der Waals surface area contributed by atoms with Crippen LogP contribution in [0.3, 0.4) is 0 Å². The topological polar surface area (TPSA) is 67.0 Å². The number of rotatable bonds is 5. The van der Waals surface area contributed by atoms with Gasteiger partial charge in [0.15, 0.2) is 5.84 Å². The molecule has 3 rings (SSSR count). The fraction of sp³-hybridized carbons (Fsp3) is 0.292. The zero-order valence-electron chi connectivity index (χ0n) is 18.5. The molecule has 1 aromatic heterocycles. The average Bonchev–Trinajstić information content (AvgIpc) is 3.12. The van der Waals surface area contributed by atoms with Crippen LogP contribution in [-0.2, 0) is 11.0 Å². The molecule has 0 aliphatic heterocycles. The third-order valence-corrected chi connectivity index (χ3v) is 4.90. The first-order chi connectivity index (χ1) is 15.0. The van der Waals surface area contributed by atoms with Crippen molar-refractivity contribution >= 4 is 5.84 Å². The highest BCUT2D eigenvalue weighted by atomic mass is 19.4. The quantitative estimate of drug-likeness (QED) is 0.276. The van der Waals surface area contributed by atoms with Crippen LogP contribution in [0.25, 0.3) is 22.5 Å². The number of nitrogens with zero attached hydrogens (tertiary/aromatic N) is 1. The third-order valence-electron chi connectivity index (χ3n) is 4.90. The van der Waals surface area contributed by atoms with Crippen molar-refractivity contribution < 1.29 is 27.5 Å². The predicted octanol–water partition coefficient (Wildman–Crippen LogP) is 6.26. The number of aromatic hydroxyl groups is 1. The Morgan fingerprint density at radius 2 is 1.78 bits per heavy atom. The van der Waals surface area contributed by atoms with Crippen LogP contribution in [0.1, 0.15) is 36.1 Å². The van der Waals surface area contributed by atoms with Crippen LogP contribution in [0.2, 0.25) is 0 Å². The van der Waals surface area contributed by atoms with Gasteiger partial charge < -0.3 is 19.7 Å². The molecule has 0 radical (unpaired) electrons. The van der Waals surface area contributed by atoms with Crippen molar-refractivity contribution in [2.24, 2.45) is 5.16 Å². The van der Waals surface area contributed by atoms with E-state index in [1.54, 1.807) is 40.0 Å². The molecule has 2 aromatic carbocycles. The number of furan rings is 1. The molecule has 5 nitrogen and oxygen atoms in total. The number of amidine groups is 1. The van der Waals surface area contributed by atoms with Crippen molar-refractivity contribution in [3.63, 3.8) is 0 Å². The van der Waals surface area contributed by atoms with Gasteiger partial charge in [0.25, 0.3) is 0 Å². The summed E-state index contributed by atoms with van der Waals surface area (Å²) >= 11 is 0. The van der Waals surface area contributed by atoms with E-state index in [1.807, 2.05) is 6.92 Å². The van der Waals surface area contributed by atoms with Gasteiger partial charge in [-0.2, -0.15) is 13.2 Å².